The summed E-state index contributed by atoms with van der Waals surface area (Å²) in [7, 11) is 1.48. The topological polar surface area (TPSA) is 58.5 Å². The van der Waals surface area contributed by atoms with Gasteiger partial charge in [0, 0.05) is 47.1 Å². The van der Waals surface area contributed by atoms with Gasteiger partial charge in [-0.15, -0.1) is 11.8 Å². The average molecular weight is 635 g/mol. The van der Waals surface area contributed by atoms with Crippen molar-refractivity contribution in [1.29, 1.82) is 0 Å². The van der Waals surface area contributed by atoms with E-state index in [1.807, 2.05) is 33.8 Å². The summed E-state index contributed by atoms with van der Waals surface area (Å²) in [6.07, 6.45) is -1.02. The molecule has 2 heterocycles. The quantitative estimate of drug-likeness (QED) is 0.136. The molecule has 1 fully saturated rings. The molecule has 44 heavy (non-hydrogen) atoms. The van der Waals surface area contributed by atoms with E-state index < -0.39 is 18.5 Å². The normalized spacial score (nSPS) is 14.1. The number of likely N-dealkylation sites (tertiary alicyclic amines) is 1. The Morgan fingerprint density at radius 2 is 1.84 bits per heavy atom. The van der Waals surface area contributed by atoms with Crippen molar-refractivity contribution < 1.29 is 27.1 Å². The number of thioether (sulfide) groups is 1. The molecule has 0 atom stereocenters. The van der Waals surface area contributed by atoms with Crippen LogP contribution in [0.1, 0.15) is 46.2 Å². The largest absolute Gasteiger partial charge is 0.495 e. The van der Waals surface area contributed by atoms with Crippen molar-refractivity contribution in [2.24, 2.45) is 5.92 Å². The third kappa shape index (κ3) is 9.32. The lowest BCUT2D eigenvalue weighted by Crippen LogP contribution is -2.42. The van der Waals surface area contributed by atoms with Crippen LogP contribution >= 0.6 is 11.8 Å². The van der Waals surface area contributed by atoms with Crippen LogP contribution in [0, 0.1) is 23.6 Å². The number of ether oxygens (including phenoxy) is 1. The van der Waals surface area contributed by atoms with Crippen LogP contribution in [0.5, 0.6) is 5.75 Å². The molecule has 4 rings (SSSR count). The van der Waals surface area contributed by atoms with Gasteiger partial charge in [-0.25, -0.2) is 4.39 Å². The molecular weight excluding hydrogens is 592 g/mol. The number of anilines is 2. The van der Waals surface area contributed by atoms with Gasteiger partial charge in [-0.2, -0.15) is 13.2 Å². The number of halogens is 4. The van der Waals surface area contributed by atoms with Crippen molar-refractivity contribution in [3.63, 3.8) is 0 Å². The number of alkyl halides is 3. The number of carbonyl (C=O) groups is 1. The summed E-state index contributed by atoms with van der Waals surface area (Å²) >= 11 is 1.26. The molecule has 6 nitrogen and oxygen atoms in total. The third-order valence-corrected chi connectivity index (χ3v) is 8.06. The Balaban J connectivity index is 0.00000259. The van der Waals surface area contributed by atoms with Gasteiger partial charge < -0.3 is 19.9 Å². The molecule has 240 valence electrons. The number of carbonyl (C=O) groups excluding carboxylic acids is 1. The van der Waals surface area contributed by atoms with E-state index in [1.165, 1.54) is 29.5 Å². The van der Waals surface area contributed by atoms with Gasteiger partial charge in [0.2, 0.25) is 0 Å². The van der Waals surface area contributed by atoms with Crippen molar-refractivity contribution in [3.8, 4) is 17.6 Å². The molecule has 1 aromatic heterocycles. The third-order valence-electron chi connectivity index (χ3n) is 7.31. The maximum Gasteiger partial charge on any atom is 0.406 e. The number of aromatic nitrogens is 1. The number of methoxy groups -OCH3 is 1. The van der Waals surface area contributed by atoms with Crippen LogP contribution in [0.25, 0.3) is 10.9 Å². The number of ketones is 1. The van der Waals surface area contributed by atoms with Crippen LogP contribution in [0.4, 0.5) is 28.9 Å². The van der Waals surface area contributed by atoms with E-state index in [9.17, 15) is 22.4 Å². The Hall–Kier alpha value is -3.36. The maximum absolute atomic E-state index is 14.3. The number of nitrogens with one attached hydrogen (secondary N) is 2. The lowest BCUT2D eigenvalue weighted by atomic mass is 10.0. The average Bonchev–Trinajstić information content (AvgIpc) is 3.33. The molecule has 11 heteroatoms. The first kappa shape index (κ1) is 35.1. The second-order valence-corrected chi connectivity index (χ2v) is 11.5. The fraction of sp³-hybridized carbons (Fsp3) is 0.485. The minimum absolute atomic E-state index is 0.00427. The van der Waals surface area contributed by atoms with E-state index in [1.54, 1.807) is 30.5 Å². The van der Waals surface area contributed by atoms with Crippen LogP contribution in [0.3, 0.4) is 0 Å². The Morgan fingerprint density at radius 3 is 2.45 bits per heavy atom. The van der Waals surface area contributed by atoms with Gasteiger partial charge in [0.1, 0.15) is 23.9 Å². The van der Waals surface area contributed by atoms with Gasteiger partial charge in [0.25, 0.3) is 0 Å². The summed E-state index contributed by atoms with van der Waals surface area (Å²) < 4.78 is 61.6. The molecule has 2 aromatic carbocycles. The lowest BCUT2D eigenvalue weighted by molar-refractivity contribution is -0.140. The molecule has 0 amide bonds. The number of hydrogen-bond acceptors (Lipinski definition) is 6. The van der Waals surface area contributed by atoms with E-state index in [-0.39, 0.29) is 30.0 Å². The summed E-state index contributed by atoms with van der Waals surface area (Å²) in [5.41, 5.74) is 1.83. The highest BCUT2D eigenvalue weighted by Gasteiger charge is 2.30. The number of nitrogens with zero attached hydrogens (tertiary/aromatic N) is 2. The second kappa shape index (κ2) is 16.1. The second-order valence-electron chi connectivity index (χ2n) is 10.6. The van der Waals surface area contributed by atoms with Crippen molar-refractivity contribution in [1.82, 2.24) is 9.47 Å². The van der Waals surface area contributed by atoms with Gasteiger partial charge in [-0.3, -0.25) is 9.69 Å². The molecule has 2 N–H and O–H groups in total. The minimum atomic E-state index is -4.44. The Morgan fingerprint density at radius 1 is 1.14 bits per heavy atom. The molecule has 0 radical (unpaired) electrons. The zero-order valence-corrected chi connectivity index (χ0v) is 27.0. The summed E-state index contributed by atoms with van der Waals surface area (Å²) in [6, 6.07) is 9.99. The number of fused-ring (bicyclic) bond motifs is 1. The summed E-state index contributed by atoms with van der Waals surface area (Å²) in [5.74, 6) is 6.03. The van der Waals surface area contributed by atoms with Crippen LogP contribution in [-0.2, 0) is 11.3 Å². The first-order valence-corrected chi connectivity index (χ1v) is 16.1. The molecule has 1 aliphatic heterocycles. The zero-order chi connectivity index (χ0) is 32.4. The maximum atomic E-state index is 14.3. The van der Waals surface area contributed by atoms with Crippen LogP contribution in [-0.4, -0.2) is 67.0 Å². The van der Waals surface area contributed by atoms with E-state index >= 15 is 0 Å². The fourth-order valence-corrected chi connectivity index (χ4v) is 5.47. The van der Waals surface area contributed by atoms with Gasteiger partial charge in [-0.1, -0.05) is 39.7 Å². The summed E-state index contributed by atoms with van der Waals surface area (Å²) in [6.45, 7) is 8.71. The van der Waals surface area contributed by atoms with E-state index in [0.717, 1.165) is 31.6 Å². The molecule has 3 aromatic rings. The first-order chi connectivity index (χ1) is 21.0. The molecule has 0 unspecified atom stereocenters. The summed E-state index contributed by atoms with van der Waals surface area (Å²) in [5, 5.41) is 7.18. The molecular formula is C33H42F4N4O2S. The van der Waals surface area contributed by atoms with Crippen molar-refractivity contribution >= 4 is 39.8 Å². The van der Waals surface area contributed by atoms with Gasteiger partial charge >= 0.3 is 6.18 Å². The van der Waals surface area contributed by atoms with Crippen LogP contribution in [0.2, 0.25) is 0 Å². The Bertz CT molecular complexity index is 1470. The number of piperidine rings is 1. The number of hydrogen-bond donors (Lipinski definition) is 2. The SMILES string of the molecule is CC.COc1cc(SC)c(F)cc1NCC#Cc1cc2c(NC3CCN(CC(=O)C(C)C)CC3)cccc2n1CC(F)(F)F. The smallest absolute Gasteiger partial charge is 0.406 e. The zero-order valence-electron chi connectivity index (χ0n) is 26.2. The number of Topliss-reactive ketones (excluding diaryl/α,β-unsaturated/α-hetero) is 1. The molecule has 1 aliphatic rings. The molecule has 0 spiro atoms. The molecule has 0 aliphatic carbocycles. The number of rotatable bonds is 10. The highest BCUT2D eigenvalue weighted by atomic mass is 32.2. The van der Waals surface area contributed by atoms with Gasteiger partial charge in [-0.05, 0) is 49.3 Å². The van der Waals surface area contributed by atoms with Gasteiger partial charge in [0.15, 0.2) is 0 Å². The molecule has 0 bridgehead atoms. The van der Waals surface area contributed by atoms with E-state index in [2.05, 4.69) is 27.4 Å². The monoisotopic (exact) mass is 634 g/mol. The summed E-state index contributed by atoms with van der Waals surface area (Å²) in [4.78, 5) is 14.7. The Kier molecular flexibility index (Phi) is 12.8. The lowest BCUT2D eigenvalue weighted by Gasteiger charge is -2.32. The minimum Gasteiger partial charge on any atom is -0.495 e. The van der Waals surface area contributed by atoms with E-state index in [0.29, 0.717) is 33.8 Å². The van der Waals surface area contributed by atoms with Crippen molar-refractivity contribution in [2.45, 2.75) is 64.2 Å². The first-order valence-electron chi connectivity index (χ1n) is 14.8. The highest BCUT2D eigenvalue weighted by molar-refractivity contribution is 7.98. The standard InChI is InChI=1S/C31H36F4N4O2S.C2H6/c1-20(2)28(40)18-38-13-10-21(11-14-38)37-25-8-5-9-27-23(25)15-22(39(27)19-31(33,34)35)7-6-12-36-26-16-24(32)30(42-4)17-29(26)41-3;1-2/h5,8-9,15-17,20-21,36-37H,10-14,18-19H2,1-4H3;1-2H3. The van der Waals surface area contributed by atoms with Crippen molar-refractivity contribution in [2.75, 3.05) is 50.2 Å². The van der Waals surface area contributed by atoms with Crippen LogP contribution < -0.4 is 15.4 Å². The highest BCUT2D eigenvalue weighted by Crippen LogP contribution is 2.33. The predicted octanol–water partition coefficient (Wildman–Crippen LogP) is 7.66. The van der Waals surface area contributed by atoms with Crippen LogP contribution in [0.15, 0.2) is 41.3 Å². The van der Waals surface area contributed by atoms with Gasteiger partial charge in [0.05, 0.1) is 37.1 Å². The molecule has 0 saturated carbocycles. The van der Waals surface area contributed by atoms with E-state index in [4.69, 9.17) is 4.74 Å². The molecule has 1 saturated heterocycles. The Labute approximate surface area is 261 Å². The predicted molar refractivity (Wildman–Crippen MR) is 172 cm³/mol. The number of benzene rings is 2. The van der Waals surface area contributed by atoms with Crippen molar-refractivity contribution in [3.05, 3.63) is 47.9 Å². The fourth-order valence-electron chi connectivity index (χ4n) is 4.99.